The van der Waals surface area contributed by atoms with Crippen molar-refractivity contribution < 1.29 is 23.1 Å². The first-order valence-electron chi connectivity index (χ1n) is 5.01. The second kappa shape index (κ2) is 5.77. The van der Waals surface area contributed by atoms with Gasteiger partial charge in [0.15, 0.2) is 0 Å². The molecule has 0 bridgehead atoms. The van der Waals surface area contributed by atoms with Gasteiger partial charge >= 0.3 is 11.5 Å². The van der Waals surface area contributed by atoms with E-state index in [0.29, 0.717) is 19.6 Å². The second-order valence-electron chi connectivity index (χ2n) is 3.85. The van der Waals surface area contributed by atoms with Crippen LogP contribution in [0.25, 0.3) is 0 Å². The molecule has 1 saturated heterocycles. The fraction of sp³-hybridized carbons (Fsp3) is 0.889. The Balaban J connectivity index is 2.14. The number of rotatable bonds is 5. The topological polar surface area (TPSA) is 40.5 Å². The molecular weight excluding hydrogens is 243 g/mol. The smallest absolute Gasteiger partial charge is 0.441 e. The van der Waals surface area contributed by atoms with Crippen LogP contribution in [0.3, 0.4) is 0 Å². The van der Waals surface area contributed by atoms with Crippen LogP contribution >= 0.6 is 11.8 Å². The SMILES string of the molecule is O=C(O)CC1CCN(CCSC(F)(F)F)C1. The van der Waals surface area contributed by atoms with Crippen LogP contribution in [0.15, 0.2) is 0 Å². The molecule has 1 aliphatic heterocycles. The molecule has 0 radical (unpaired) electrons. The largest absolute Gasteiger partial charge is 0.481 e. The highest BCUT2D eigenvalue weighted by molar-refractivity contribution is 8.00. The number of halogens is 3. The van der Waals surface area contributed by atoms with Crippen molar-refractivity contribution in [3.63, 3.8) is 0 Å². The van der Waals surface area contributed by atoms with Gasteiger partial charge in [-0.2, -0.15) is 13.2 Å². The highest BCUT2D eigenvalue weighted by Gasteiger charge is 2.29. The highest BCUT2D eigenvalue weighted by atomic mass is 32.2. The average molecular weight is 257 g/mol. The monoisotopic (exact) mass is 257 g/mol. The third-order valence-corrected chi connectivity index (χ3v) is 3.22. The first-order chi connectivity index (χ1) is 7.37. The quantitative estimate of drug-likeness (QED) is 0.818. The lowest BCUT2D eigenvalue weighted by atomic mass is 10.1. The lowest BCUT2D eigenvalue weighted by Crippen LogP contribution is -2.24. The summed E-state index contributed by atoms with van der Waals surface area (Å²) in [6.07, 6.45) is 0.881. The summed E-state index contributed by atoms with van der Waals surface area (Å²) < 4.78 is 35.5. The molecule has 1 heterocycles. The maximum Gasteiger partial charge on any atom is 0.441 e. The van der Waals surface area contributed by atoms with Crippen LogP contribution < -0.4 is 0 Å². The first kappa shape index (κ1) is 13.6. The van der Waals surface area contributed by atoms with E-state index in [2.05, 4.69) is 0 Å². The second-order valence-corrected chi connectivity index (χ2v) is 5.01. The van der Waals surface area contributed by atoms with Crippen LogP contribution in [0, 0.1) is 5.92 Å². The minimum absolute atomic E-state index is 0.0172. The van der Waals surface area contributed by atoms with Gasteiger partial charge in [-0.3, -0.25) is 4.79 Å². The Hall–Kier alpha value is -0.430. The summed E-state index contributed by atoms with van der Waals surface area (Å²) in [7, 11) is 0. The van der Waals surface area contributed by atoms with Crippen molar-refractivity contribution in [2.24, 2.45) is 5.92 Å². The summed E-state index contributed by atoms with van der Waals surface area (Å²) in [5.41, 5.74) is -4.17. The van der Waals surface area contributed by atoms with Gasteiger partial charge in [0.2, 0.25) is 0 Å². The number of thioether (sulfide) groups is 1. The van der Waals surface area contributed by atoms with Gasteiger partial charge in [-0.05, 0) is 30.6 Å². The van der Waals surface area contributed by atoms with Crippen molar-refractivity contribution in [1.29, 1.82) is 0 Å². The van der Waals surface area contributed by atoms with E-state index in [0.717, 1.165) is 6.42 Å². The predicted octanol–water partition coefficient (Wildman–Crippen LogP) is 2.04. The molecule has 1 N–H and O–H groups in total. The number of aliphatic carboxylic acids is 1. The molecule has 1 unspecified atom stereocenters. The molecule has 0 aromatic rings. The van der Waals surface area contributed by atoms with E-state index in [4.69, 9.17) is 5.11 Å². The number of nitrogens with zero attached hydrogens (tertiary/aromatic N) is 1. The van der Waals surface area contributed by atoms with Crippen LogP contribution in [0.4, 0.5) is 13.2 Å². The van der Waals surface area contributed by atoms with Crippen molar-refractivity contribution in [1.82, 2.24) is 4.90 Å². The molecule has 0 spiro atoms. The maximum atomic E-state index is 11.8. The molecule has 0 aliphatic carbocycles. The normalized spacial score (nSPS) is 22.6. The van der Waals surface area contributed by atoms with Gasteiger partial charge in [0.1, 0.15) is 0 Å². The molecule has 0 amide bonds. The van der Waals surface area contributed by atoms with E-state index in [1.54, 1.807) is 0 Å². The minimum Gasteiger partial charge on any atom is -0.481 e. The molecule has 3 nitrogen and oxygen atoms in total. The molecule has 0 aromatic heterocycles. The molecule has 1 atom stereocenters. The van der Waals surface area contributed by atoms with Gasteiger partial charge < -0.3 is 10.0 Å². The molecule has 0 aromatic carbocycles. The summed E-state index contributed by atoms with van der Waals surface area (Å²) in [5.74, 6) is -0.728. The zero-order valence-electron chi connectivity index (χ0n) is 8.66. The molecule has 16 heavy (non-hydrogen) atoms. The molecule has 7 heteroatoms. The van der Waals surface area contributed by atoms with Crippen LogP contribution in [-0.4, -0.2) is 46.9 Å². The van der Waals surface area contributed by atoms with Crippen molar-refractivity contribution in [2.75, 3.05) is 25.4 Å². The third-order valence-electron chi connectivity index (χ3n) is 2.51. The molecule has 1 rings (SSSR count). The first-order valence-corrected chi connectivity index (χ1v) is 6.00. The van der Waals surface area contributed by atoms with Crippen LogP contribution in [0.2, 0.25) is 0 Å². The lowest BCUT2D eigenvalue weighted by molar-refractivity contribution is -0.138. The molecule has 0 saturated carbocycles. The number of alkyl halides is 3. The summed E-state index contributed by atoms with van der Waals surface area (Å²) in [6, 6.07) is 0. The summed E-state index contributed by atoms with van der Waals surface area (Å²) >= 11 is -0.0224. The standard InChI is InChI=1S/C9H14F3NO2S/c10-9(11,12)16-4-3-13-2-1-7(6-13)5-8(14)15/h7H,1-6H2,(H,14,15). The number of likely N-dealkylation sites (tertiary alicyclic amines) is 1. The molecular formula is C9H14F3NO2S. The van der Waals surface area contributed by atoms with Gasteiger partial charge in [0, 0.05) is 25.3 Å². The van der Waals surface area contributed by atoms with E-state index in [1.165, 1.54) is 0 Å². The van der Waals surface area contributed by atoms with Gasteiger partial charge in [0.25, 0.3) is 0 Å². The lowest BCUT2D eigenvalue weighted by Gasteiger charge is -2.15. The third kappa shape index (κ3) is 5.60. The Labute approximate surface area is 96.0 Å². The average Bonchev–Trinajstić information content (AvgIpc) is 2.49. The van der Waals surface area contributed by atoms with Crippen molar-refractivity contribution >= 4 is 17.7 Å². The molecule has 1 aliphatic rings. The Morgan fingerprint density at radius 2 is 2.19 bits per heavy atom. The predicted molar refractivity (Wildman–Crippen MR) is 55.3 cm³/mol. The van der Waals surface area contributed by atoms with Crippen LogP contribution in [0.5, 0.6) is 0 Å². The number of carboxylic acids is 1. The van der Waals surface area contributed by atoms with E-state index in [9.17, 15) is 18.0 Å². The number of carbonyl (C=O) groups is 1. The fourth-order valence-electron chi connectivity index (χ4n) is 1.82. The van der Waals surface area contributed by atoms with Gasteiger partial charge in [0.05, 0.1) is 0 Å². The van der Waals surface area contributed by atoms with Crippen molar-refractivity contribution in [3.05, 3.63) is 0 Å². The highest BCUT2D eigenvalue weighted by Crippen LogP contribution is 2.30. The number of hydrogen-bond donors (Lipinski definition) is 1. The Morgan fingerprint density at radius 1 is 1.50 bits per heavy atom. The van der Waals surface area contributed by atoms with Gasteiger partial charge in [-0.25, -0.2) is 0 Å². The maximum absolute atomic E-state index is 11.8. The fourth-order valence-corrected chi connectivity index (χ4v) is 2.40. The Bertz CT molecular complexity index is 247. The van der Waals surface area contributed by atoms with Crippen molar-refractivity contribution in [3.8, 4) is 0 Å². The van der Waals surface area contributed by atoms with E-state index in [-0.39, 0.29) is 29.9 Å². The minimum atomic E-state index is -4.17. The van der Waals surface area contributed by atoms with Crippen molar-refractivity contribution in [2.45, 2.75) is 18.3 Å². The zero-order valence-corrected chi connectivity index (χ0v) is 9.48. The molecule has 94 valence electrons. The summed E-state index contributed by atoms with van der Waals surface area (Å²) in [6.45, 7) is 1.68. The van der Waals surface area contributed by atoms with E-state index in [1.807, 2.05) is 4.90 Å². The Kier molecular flexibility index (Phi) is 4.91. The van der Waals surface area contributed by atoms with E-state index < -0.39 is 11.5 Å². The number of hydrogen-bond acceptors (Lipinski definition) is 3. The Morgan fingerprint density at radius 3 is 2.75 bits per heavy atom. The number of carboxylic acid groups (broad SMARTS) is 1. The van der Waals surface area contributed by atoms with Gasteiger partial charge in [-0.1, -0.05) is 0 Å². The van der Waals surface area contributed by atoms with E-state index >= 15 is 0 Å². The van der Waals surface area contributed by atoms with Gasteiger partial charge in [-0.15, -0.1) is 0 Å². The molecule has 1 fully saturated rings. The van der Waals surface area contributed by atoms with Crippen LogP contribution in [-0.2, 0) is 4.79 Å². The van der Waals surface area contributed by atoms with Crippen LogP contribution in [0.1, 0.15) is 12.8 Å². The summed E-state index contributed by atoms with van der Waals surface area (Å²) in [5, 5.41) is 8.57. The zero-order chi connectivity index (χ0) is 12.2. The summed E-state index contributed by atoms with van der Waals surface area (Å²) in [4.78, 5) is 12.3.